The van der Waals surface area contributed by atoms with Gasteiger partial charge in [0.2, 0.25) is 5.91 Å². The molecule has 2 heterocycles. The first-order valence-corrected chi connectivity index (χ1v) is 10.5. The van der Waals surface area contributed by atoms with Gasteiger partial charge in [-0.3, -0.25) is 4.79 Å². The zero-order chi connectivity index (χ0) is 17.9. The van der Waals surface area contributed by atoms with E-state index >= 15 is 0 Å². The minimum Gasteiger partial charge on any atom is -0.337 e. The topological polar surface area (TPSA) is 70.7 Å². The fraction of sp³-hybridized carbons (Fsp3) is 0.316. The molecule has 0 saturated heterocycles. The summed E-state index contributed by atoms with van der Waals surface area (Å²) in [5, 5.41) is 4.41. The highest BCUT2D eigenvalue weighted by Crippen LogP contribution is 2.30. The predicted octanol–water partition coefficient (Wildman–Crippen LogP) is 4.45. The van der Waals surface area contributed by atoms with E-state index in [0.717, 1.165) is 40.1 Å². The Hall–Kier alpha value is -2.12. The highest BCUT2D eigenvalue weighted by molar-refractivity contribution is 7.99. The van der Waals surface area contributed by atoms with Crippen LogP contribution in [-0.2, 0) is 17.6 Å². The third-order valence-corrected chi connectivity index (χ3v) is 6.29. The molecule has 1 amide bonds. The minimum absolute atomic E-state index is 0.0450. The molecule has 26 heavy (non-hydrogen) atoms. The Labute approximate surface area is 160 Å². The van der Waals surface area contributed by atoms with E-state index in [1.807, 2.05) is 37.3 Å². The standard InChI is InChI=1S/C19H20N4OS2/c1-12-17(13-7-3-2-4-8-13)23-18(20-12)25-11-16(24)22-19-21-14-9-5-6-10-15(14)26-19/h2-4,7-8H,5-6,9-11H2,1H3,(H,20,23)(H,21,22,24). The first-order chi connectivity index (χ1) is 12.7. The molecular weight excluding hydrogens is 364 g/mol. The summed E-state index contributed by atoms with van der Waals surface area (Å²) in [5.41, 5.74) is 4.18. The predicted molar refractivity (Wildman–Crippen MR) is 107 cm³/mol. The van der Waals surface area contributed by atoms with E-state index in [1.165, 1.54) is 35.2 Å². The van der Waals surface area contributed by atoms with Crippen molar-refractivity contribution in [3.63, 3.8) is 0 Å². The Morgan fingerprint density at radius 1 is 1.23 bits per heavy atom. The number of H-pyrrole nitrogens is 1. The molecule has 7 heteroatoms. The smallest absolute Gasteiger partial charge is 0.236 e. The van der Waals surface area contributed by atoms with Gasteiger partial charge in [0.05, 0.1) is 17.1 Å². The maximum Gasteiger partial charge on any atom is 0.236 e. The van der Waals surface area contributed by atoms with Gasteiger partial charge < -0.3 is 10.3 Å². The zero-order valence-corrected chi connectivity index (χ0v) is 16.2. The molecule has 0 unspecified atom stereocenters. The quantitative estimate of drug-likeness (QED) is 0.638. The van der Waals surface area contributed by atoms with E-state index in [0.29, 0.717) is 5.75 Å². The number of rotatable bonds is 5. The average Bonchev–Trinajstić information content (AvgIpc) is 3.23. The molecule has 0 bridgehead atoms. The second-order valence-corrected chi connectivity index (χ2v) is 8.36. The molecule has 134 valence electrons. The van der Waals surface area contributed by atoms with Gasteiger partial charge in [-0.1, -0.05) is 42.1 Å². The summed E-state index contributed by atoms with van der Waals surface area (Å²) in [7, 11) is 0. The highest BCUT2D eigenvalue weighted by atomic mass is 32.2. The van der Waals surface area contributed by atoms with Crippen LogP contribution < -0.4 is 5.32 Å². The number of carbonyl (C=O) groups excluding carboxylic acids is 1. The van der Waals surface area contributed by atoms with E-state index in [9.17, 15) is 4.79 Å². The number of carbonyl (C=O) groups is 1. The number of anilines is 1. The zero-order valence-electron chi connectivity index (χ0n) is 14.5. The van der Waals surface area contributed by atoms with Crippen molar-refractivity contribution < 1.29 is 4.79 Å². The van der Waals surface area contributed by atoms with Gasteiger partial charge in [-0.25, -0.2) is 9.97 Å². The van der Waals surface area contributed by atoms with Crippen LogP contribution in [0.5, 0.6) is 0 Å². The van der Waals surface area contributed by atoms with Gasteiger partial charge >= 0.3 is 0 Å². The normalized spacial score (nSPS) is 13.4. The van der Waals surface area contributed by atoms with Crippen molar-refractivity contribution in [2.24, 2.45) is 0 Å². The summed E-state index contributed by atoms with van der Waals surface area (Å²) >= 11 is 3.02. The molecule has 0 radical (unpaired) electrons. The first-order valence-electron chi connectivity index (χ1n) is 8.72. The van der Waals surface area contributed by atoms with Crippen molar-refractivity contribution in [3.05, 3.63) is 46.6 Å². The number of amides is 1. The summed E-state index contributed by atoms with van der Waals surface area (Å²) in [6, 6.07) is 10.1. The summed E-state index contributed by atoms with van der Waals surface area (Å²) < 4.78 is 0. The number of nitrogens with zero attached hydrogens (tertiary/aromatic N) is 2. The number of imidazole rings is 1. The maximum atomic E-state index is 12.3. The van der Waals surface area contributed by atoms with E-state index < -0.39 is 0 Å². The van der Waals surface area contributed by atoms with Crippen molar-refractivity contribution in [1.29, 1.82) is 0 Å². The highest BCUT2D eigenvalue weighted by Gasteiger charge is 2.17. The molecule has 1 aliphatic carbocycles. The lowest BCUT2D eigenvalue weighted by Gasteiger charge is -2.06. The van der Waals surface area contributed by atoms with Crippen LogP contribution in [-0.4, -0.2) is 26.6 Å². The molecule has 0 saturated carbocycles. The molecule has 1 aromatic carbocycles. The van der Waals surface area contributed by atoms with Crippen LogP contribution >= 0.6 is 23.1 Å². The lowest BCUT2D eigenvalue weighted by atomic mass is 10.0. The van der Waals surface area contributed by atoms with Gasteiger partial charge in [0.25, 0.3) is 0 Å². The Morgan fingerprint density at radius 2 is 2.04 bits per heavy atom. The number of aromatic amines is 1. The van der Waals surface area contributed by atoms with E-state index in [1.54, 1.807) is 11.3 Å². The van der Waals surface area contributed by atoms with Gasteiger partial charge in [0, 0.05) is 16.1 Å². The van der Waals surface area contributed by atoms with Gasteiger partial charge in [0.1, 0.15) is 0 Å². The van der Waals surface area contributed by atoms with Crippen LogP contribution in [0.2, 0.25) is 0 Å². The molecule has 0 atom stereocenters. The first kappa shape index (κ1) is 17.3. The number of hydrogen-bond donors (Lipinski definition) is 2. The van der Waals surface area contributed by atoms with Gasteiger partial charge in [-0.15, -0.1) is 11.3 Å². The Kier molecular flexibility index (Phi) is 5.08. The average molecular weight is 385 g/mol. The third kappa shape index (κ3) is 3.83. The van der Waals surface area contributed by atoms with Crippen LogP contribution in [0.3, 0.4) is 0 Å². The number of hydrogen-bond acceptors (Lipinski definition) is 5. The fourth-order valence-corrected chi connectivity index (χ4v) is 4.86. The van der Waals surface area contributed by atoms with E-state index in [-0.39, 0.29) is 5.91 Å². The molecule has 0 aliphatic heterocycles. The van der Waals surface area contributed by atoms with E-state index in [4.69, 9.17) is 0 Å². The lowest BCUT2D eigenvalue weighted by Crippen LogP contribution is -2.14. The Balaban J connectivity index is 1.37. The van der Waals surface area contributed by atoms with Crippen LogP contribution in [0.25, 0.3) is 11.3 Å². The minimum atomic E-state index is -0.0450. The van der Waals surface area contributed by atoms with Crippen LogP contribution in [0.1, 0.15) is 29.1 Å². The fourth-order valence-electron chi connectivity index (χ4n) is 3.07. The summed E-state index contributed by atoms with van der Waals surface area (Å²) in [6.45, 7) is 2.00. The molecule has 5 nitrogen and oxygen atoms in total. The van der Waals surface area contributed by atoms with Gasteiger partial charge in [0.15, 0.2) is 10.3 Å². The largest absolute Gasteiger partial charge is 0.337 e. The molecule has 2 N–H and O–H groups in total. The molecule has 3 aromatic rings. The molecule has 0 fully saturated rings. The summed E-state index contributed by atoms with van der Waals surface area (Å²) in [4.78, 5) is 26.0. The number of thioether (sulfide) groups is 1. The van der Waals surface area contributed by atoms with Crippen LogP contribution in [0.4, 0.5) is 5.13 Å². The number of thiazole rings is 1. The number of nitrogens with one attached hydrogen (secondary N) is 2. The second kappa shape index (κ2) is 7.63. The second-order valence-electron chi connectivity index (χ2n) is 6.31. The molecule has 4 rings (SSSR count). The van der Waals surface area contributed by atoms with E-state index in [2.05, 4.69) is 20.3 Å². The number of benzene rings is 1. The maximum absolute atomic E-state index is 12.3. The number of aromatic nitrogens is 3. The van der Waals surface area contributed by atoms with Crippen molar-refractivity contribution >= 4 is 34.1 Å². The third-order valence-electron chi connectivity index (χ3n) is 4.34. The van der Waals surface area contributed by atoms with Crippen molar-refractivity contribution in [3.8, 4) is 11.3 Å². The Bertz CT molecular complexity index is 894. The summed E-state index contributed by atoms with van der Waals surface area (Å²) in [5.74, 6) is 0.266. The monoisotopic (exact) mass is 384 g/mol. The van der Waals surface area contributed by atoms with Crippen molar-refractivity contribution in [2.75, 3.05) is 11.1 Å². The summed E-state index contributed by atoms with van der Waals surface area (Å²) in [6.07, 6.45) is 4.54. The molecule has 2 aromatic heterocycles. The van der Waals surface area contributed by atoms with Crippen molar-refractivity contribution in [2.45, 2.75) is 37.8 Å². The lowest BCUT2D eigenvalue weighted by molar-refractivity contribution is -0.113. The molecule has 0 spiro atoms. The van der Waals surface area contributed by atoms with Crippen LogP contribution in [0, 0.1) is 6.92 Å². The van der Waals surface area contributed by atoms with Gasteiger partial charge in [-0.05, 0) is 32.6 Å². The number of aryl methyl sites for hydroxylation is 3. The number of fused-ring (bicyclic) bond motifs is 1. The molecular formula is C19H20N4OS2. The van der Waals surface area contributed by atoms with Crippen LogP contribution in [0.15, 0.2) is 35.5 Å². The SMILES string of the molecule is Cc1[nH]c(SCC(=O)Nc2nc3c(s2)CCCC3)nc1-c1ccccc1. The molecule has 1 aliphatic rings. The van der Waals surface area contributed by atoms with Gasteiger partial charge in [-0.2, -0.15) is 0 Å². The Morgan fingerprint density at radius 3 is 2.85 bits per heavy atom. The van der Waals surface area contributed by atoms with Crippen molar-refractivity contribution in [1.82, 2.24) is 15.0 Å².